The molecule has 0 spiro atoms. The third kappa shape index (κ3) is 3.59. The predicted molar refractivity (Wildman–Crippen MR) is 107 cm³/mol. The molecular weight excluding hydrogens is 323 g/mol. The van der Waals surface area contributed by atoms with Crippen molar-refractivity contribution in [2.24, 2.45) is 0 Å². The molecule has 3 fully saturated rings. The van der Waals surface area contributed by atoms with E-state index >= 15 is 0 Å². The topological polar surface area (TPSA) is 24.9 Å². The highest BCUT2D eigenvalue weighted by Crippen LogP contribution is 2.36. The van der Waals surface area contributed by atoms with Crippen molar-refractivity contribution in [2.75, 3.05) is 26.2 Å². The molecule has 0 N–H and O–H groups in total. The molecule has 4 rings (SSSR count). The Morgan fingerprint density at radius 2 is 1.81 bits per heavy atom. The van der Waals surface area contributed by atoms with E-state index in [0.717, 1.165) is 18.0 Å². The zero-order valence-corrected chi connectivity index (χ0v) is 16.8. The van der Waals surface area contributed by atoms with Gasteiger partial charge in [0.2, 0.25) is 0 Å². The van der Waals surface area contributed by atoms with Gasteiger partial charge in [0.05, 0.1) is 11.2 Å². The fraction of sp³-hybridized carbons (Fsp3) is 0.714. The lowest BCUT2D eigenvalue weighted by atomic mass is 9.78. The van der Waals surface area contributed by atoms with Gasteiger partial charge in [-0.1, -0.05) is 30.7 Å². The molecule has 1 atom stereocenters. The summed E-state index contributed by atoms with van der Waals surface area (Å²) in [4.78, 5) is 5.32. The Morgan fingerprint density at radius 3 is 2.58 bits per heavy atom. The minimum absolute atomic E-state index is 0.268. The van der Waals surface area contributed by atoms with Crippen LogP contribution in [-0.4, -0.2) is 60.3 Å². The van der Waals surface area contributed by atoms with E-state index in [1.165, 1.54) is 51.0 Å². The zero-order valence-electron chi connectivity index (χ0n) is 16.8. The third-order valence-corrected chi connectivity index (χ3v) is 6.80. The number of hydrogen-bond acceptors (Lipinski definition) is 4. The standard InChI is InChI=1S/C21H33BN2O2/c1-20(2)21(3,4)26-22(25-20)18-9-7-8-17(14-18)15-23-12-13-24-11-6-5-10-19(24)16-23/h7-9,14,19H,5-6,10-13,15-16H2,1-4H3. The highest BCUT2D eigenvalue weighted by atomic mass is 16.7. The highest BCUT2D eigenvalue weighted by Gasteiger charge is 2.51. The summed E-state index contributed by atoms with van der Waals surface area (Å²) in [7, 11) is -0.268. The zero-order chi connectivity index (χ0) is 18.4. The van der Waals surface area contributed by atoms with E-state index < -0.39 is 0 Å². The van der Waals surface area contributed by atoms with Crippen LogP contribution in [0.25, 0.3) is 0 Å². The van der Waals surface area contributed by atoms with Crippen LogP contribution in [0.2, 0.25) is 0 Å². The fourth-order valence-corrected chi connectivity index (χ4v) is 4.44. The molecule has 0 saturated carbocycles. The molecule has 4 nitrogen and oxygen atoms in total. The Labute approximate surface area is 159 Å². The maximum atomic E-state index is 6.22. The average Bonchev–Trinajstić information content (AvgIpc) is 2.83. The molecule has 3 aliphatic heterocycles. The SMILES string of the molecule is CC1(C)OB(c2cccc(CN3CCN4CCCCC4C3)c2)OC1(C)C. The number of fused-ring (bicyclic) bond motifs is 1. The first-order valence-corrected chi connectivity index (χ1v) is 10.2. The second kappa shape index (κ2) is 6.94. The van der Waals surface area contributed by atoms with Gasteiger partial charge in [0.1, 0.15) is 0 Å². The van der Waals surface area contributed by atoms with E-state index in [-0.39, 0.29) is 18.3 Å². The molecule has 142 valence electrons. The molecule has 3 aliphatic rings. The maximum Gasteiger partial charge on any atom is 0.494 e. The summed E-state index contributed by atoms with van der Waals surface area (Å²) in [6.07, 6.45) is 4.14. The molecule has 5 heteroatoms. The van der Waals surface area contributed by atoms with Crippen molar-refractivity contribution in [1.82, 2.24) is 9.80 Å². The monoisotopic (exact) mass is 356 g/mol. The van der Waals surface area contributed by atoms with Crippen LogP contribution < -0.4 is 5.46 Å². The molecule has 1 unspecified atom stereocenters. The first-order valence-electron chi connectivity index (χ1n) is 10.2. The van der Waals surface area contributed by atoms with E-state index in [1.54, 1.807) is 0 Å². The average molecular weight is 356 g/mol. The molecule has 3 saturated heterocycles. The molecule has 0 amide bonds. The lowest BCUT2D eigenvalue weighted by Crippen LogP contribution is -2.54. The van der Waals surface area contributed by atoms with Gasteiger partial charge >= 0.3 is 7.12 Å². The quantitative estimate of drug-likeness (QED) is 0.778. The number of rotatable bonds is 3. The second-order valence-corrected chi connectivity index (χ2v) is 9.25. The van der Waals surface area contributed by atoms with E-state index in [1.807, 2.05) is 0 Å². The first-order chi connectivity index (χ1) is 12.3. The number of nitrogens with zero attached hydrogens (tertiary/aromatic N) is 2. The number of hydrogen-bond donors (Lipinski definition) is 0. The van der Waals surface area contributed by atoms with Crippen molar-refractivity contribution in [2.45, 2.75) is 70.7 Å². The summed E-state index contributed by atoms with van der Waals surface area (Å²) in [6, 6.07) is 9.55. The van der Waals surface area contributed by atoms with Crippen LogP contribution in [0.3, 0.4) is 0 Å². The molecule has 0 aromatic heterocycles. The largest absolute Gasteiger partial charge is 0.494 e. The smallest absolute Gasteiger partial charge is 0.399 e. The third-order valence-electron chi connectivity index (χ3n) is 6.80. The van der Waals surface area contributed by atoms with Crippen LogP contribution in [0.1, 0.15) is 52.5 Å². The van der Waals surface area contributed by atoms with Crippen LogP contribution in [0.4, 0.5) is 0 Å². The number of piperazine rings is 1. The molecular formula is C21H33BN2O2. The van der Waals surface area contributed by atoms with Gasteiger partial charge in [-0.2, -0.15) is 0 Å². The molecule has 1 aromatic carbocycles. The normalized spacial score (nSPS) is 28.9. The van der Waals surface area contributed by atoms with Crippen LogP contribution in [-0.2, 0) is 15.9 Å². The Balaban J connectivity index is 1.42. The molecule has 1 aromatic rings. The summed E-state index contributed by atoms with van der Waals surface area (Å²) in [5, 5.41) is 0. The van der Waals surface area contributed by atoms with Gasteiger partial charge < -0.3 is 9.31 Å². The van der Waals surface area contributed by atoms with Gasteiger partial charge in [0.15, 0.2) is 0 Å². The molecule has 26 heavy (non-hydrogen) atoms. The van der Waals surface area contributed by atoms with Gasteiger partial charge in [0.25, 0.3) is 0 Å². The summed E-state index contributed by atoms with van der Waals surface area (Å²) in [5.74, 6) is 0. The van der Waals surface area contributed by atoms with Crippen LogP contribution in [0, 0.1) is 0 Å². The lowest BCUT2D eigenvalue weighted by Gasteiger charge is -2.44. The number of piperidine rings is 1. The van der Waals surface area contributed by atoms with Crippen molar-refractivity contribution in [3.05, 3.63) is 29.8 Å². The van der Waals surface area contributed by atoms with Crippen molar-refractivity contribution >= 4 is 12.6 Å². The van der Waals surface area contributed by atoms with Crippen LogP contribution in [0.5, 0.6) is 0 Å². The fourth-order valence-electron chi connectivity index (χ4n) is 4.44. The Hall–Kier alpha value is -0.875. The minimum Gasteiger partial charge on any atom is -0.399 e. The summed E-state index contributed by atoms with van der Waals surface area (Å²) in [6.45, 7) is 14.4. The van der Waals surface area contributed by atoms with Gasteiger partial charge in [-0.25, -0.2) is 0 Å². The molecule has 0 radical (unpaired) electrons. The van der Waals surface area contributed by atoms with Crippen LogP contribution >= 0.6 is 0 Å². The molecule has 3 heterocycles. The Bertz CT molecular complexity index is 633. The molecule has 0 aliphatic carbocycles. The van der Waals surface area contributed by atoms with E-state index in [0.29, 0.717) is 0 Å². The van der Waals surface area contributed by atoms with Crippen molar-refractivity contribution in [3.63, 3.8) is 0 Å². The summed E-state index contributed by atoms with van der Waals surface area (Å²) < 4.78 is 12.4. The Morgan fingerprint density at radius 1 is 1.04 bits per heavy atom. The van der Waals surface area contributed by atoms with Crippen molar-refractivity contribution in [3.8, 4) is 0 Å². The first kappa shape index (κ1) is 18.5. The van der Waals surface area contributed by atoms with Gasteiger partial charge in [0, 0.05) is 32.2 Å². The van der Waals surface area contributed by atoms with Gasteiger partial charge in [-0.05, 0) is 58.1 Å². The van der Waals surface area contributed by atoms with Crippen LogP contribution in [0.15, 0.2) is 24.3 Å². The molecule has 0 bridgehead atoms. The van der Waals surface area contributed by atoms with Gasteiger partial charge in [-0.3, -0.25) is 9.80 Å². The Kier molecular flexibility index (Phi) is 4.93. The lowest BCUT2D eigenvalue weighted by molar-refractivity contribution is 0.00578. The van der Waals surface area contributed by atoms with Crippen molar-refractivity contribution in [1.29, 1.82) is 0 Å². The van der Waals surface area contributed by atoms with E-state index in [9.17, 15) is 0 Å². The van der Waals surface area contributed by atoms with Crippen molar-refractivity contribution < 1.29 is 9.31 Å². The number of benzene rings is 1. The summed E-state index contributed by atoms with van der Waals surface area (Å²) >= 11 is 0. The highest BCUT2D eigenvalue weighted by molar-refractivity contribution is 6.62. The van der Waals surface area contributed by atoms with E-state index in [4.69, 9.17) is 9.31 Å². The minimum atomic E-state index is -0.287. The maximum absolute atomic E-state index is 6.22. The van der Waals surface area contributed by atoms with E-state index in [2.05, 4.69) is 61.8 Å². The second-order valence-electron chi connectivity index (χ2n) is 9.25. The summed E-state index contributed by atoms with van der Waals surface area (Å²) in [5.41, 5.74) is 1.93. The van der Waals surface area contributed by atoms with Gasteiger partial charge in [-0.15, -0.1) is 0 Å². The predicted octanol–water partition coefficient (Wildman–Crippen LogP) is 2.66.